The van der Waals surface area contributed by atoms with E-state index < -0.39 is 0 Å². The average molecular weight is 327 g/mol. The Morgan fingerprint density at radius 2 is 1.79 bits per heavy atom. The van der Waals surface area contributed by atoms with E-state index in [1.807, 2.05) is 30.3 Å². The zero-order chi connectivity index (χ0) is 16.9. The molecule has 0 saturated carbocycles. The van der Waals surface area contributed by atoms with Crippen LogP contribution in [0.4, 0.5) is 0 Å². The standard InChI is InChI=1S/C20H25NO3/c1-15(2)18(13-22)21(11-16-7-4-3-5-8-16)12-17-9-6-10-19-20(17)24-14-23-19/h3-10,15,18,22H,11-14H2,1-2H3. The number of ether oxygens (including phenoxy) is 2. The van der Waals surface area contributed by atoms with Gasteiger partial charge in [-0.1, -0.05) is 56.3 Å². The lowest BCUT2D eigenvalue weighted by atomic mass is 10.0. The first-order valence-electron chi connectivity index (χ1n) is 8.45. The number of rotatable bonds is 7. The van der Waals surface area contributed by atoms with E-state index in [1.165, 1.54) is 5.56 Å². The molecule has 3 rings (SSSR count). The average Bonchev–Trinajstić information content (AvgIpc) is 3.06. The van der Waals surface area contributed by atoms with Crippen LogP contribution in [0, 0.1) is 5.92 Å². The molecule has 2 aromatic rings. The topological polar surface area (TPSA) is 41.9 Å². The summed E-state index contributed by atoms with van der Waals surface area (Å²) in [6, 6.07) is 16.4. The van der Waals surface area contributed by atoms with Crippen LogP contribution in [0.3, 0.4) is 0 Å². The minimum atomic E-state index is 0.0865. The van der Waals surface area contributed by atoms with Crippen LogP contribution in [0.25, 0.3) is 0 Å². The van der Waals surface area contributed by atoms with Gasteiger partial charge in [0.25, 0.3) is 0 Å². The first-order chi connectivity index (χ1) is 11.7. The van der Waals surface area contributed by atoms with Crippen LogP contribution in [-0.2, 0) is 13.1 Å². The summed E-state index contributed by atoms with van der Waals surface area (Å²) in [6.07, 6.45) is 0. The molecule has 24 heavy (non-hydrogen) atoms. The maximum atomic E-state index is 9.92. The van der Waals surface area contributed by atoms with Gasteiger partial charge in [-0.15, -0.1) is 0 Å². The quantitative estimate of drug-likeness (QED) is 0.846. The van der Waals surface area contributed by atoms with E-state index in [-0.39, 0.29) is 19.4 Å². The third-order valence-electron chi connectivity index (χ3n) is 4.51. The fourth-order valence-electron chi connectivity index (χ4n) is 3.19. The number of hydrogen-bond donors (Lipinski definition) is 1. The Morgan fingerprint density at radius 3 is 2.50 bits per heavy atom. The van der Waals surface area contributed by atoms with Crippen LogP contribution >= 0.6 is 0 Å². The van der Waals surface area contributed by atoms with Crippen LogP contribution in [-0.4, -0.2) is 29.4 Å². The highest BCUT2D eigenvalue weighted by molar-refractivity contribution is 5.48. The van der Waals surface area contributed by atoms with E-state index >= 15 is 0 Å². The number of nitrogens with zero attached hydrogens (tertiary/aromatic N) is 1. The summed E-state index contributed by atoms with van der Waals surface area (Å²) in [6.45, 7) is 6.21. The van der Waals surface area contributed by atoms with Crippen molar-refractivity contribution in [3.8, 4) is 11.5 Å². The molecular weight excluding hydrogens is 302 g/mol. The second-order valence-electron chi connectivity index (χ2n) is 6.54. The molecular formula is C20H25NO3. The van der Waals surface area contributed by atoms with E-state index in [2.05, 4.69) is 36.9 Å². The molecule has 1 aliphatic rings. The highest BCUT2D eigenvalue weighted by Crippen LogP contribution is 2.36. The summed E-state index contributed by atoms with van der Waals surface area (Å²) in [5.41, 5.74) is 2.33. The maximum Gasteiger partial charge on any atom is 0.231 e. The maximum absolute atomic E-state index is 9.92. The third-order valence-corrected chi connectivity index (χ3v) is 4.51. The van der Waals surface area contributed by atoms with Gasteiger partial charge in [0.05, 0.1) is 6.61 Å². The second kappa shape index (κ2) is 7.69. The molecule has 1 aliphatic heterocycles. The van der Waals surface area contributed by atoms with Gasteiger partial charge in [0, 0.05) is 24.7 Å². The first kappa shape index (κ1) is 16.8. The molecule has 0 aliphatic carbocycles. The van der Waals surface area contributed by atoms with Crippen LogP contribution in [0.2, 0.25) is 0 Å². The zero-order valence-corrected chi connectivity index (χ0v) is 14.3. The Morgan fingerprint density at radius 1 is 1.00 bits per heavy atom. The molecule has 0 bridgehead atoms. The Bertz CT molecular complexity index is 657. The predicted octanol–water partition coefficient (Wildman–Crippen LogP) is 3.43. The van der Waals surface area contributed by atoms with Gasteiger partial charge in [-0.3, -0.25) is 4.90 Å². The molecule has 1 atom stereocenters. The highest BCUT2D eigenvalue weighted by atomic mass is 16.7. The summed E-state index contributed by atoms with van der Waals surface area (Å²) in [4.78, 5) is 2.32. The fraction of sp³-hybridized carbons (Fsp3) is 0.400. The van der Waals surface area contributed by atoms with Crippen molar-refractivity contribution in [1.29, 1.82) is 0 Å². The lowest BCUT2D eigenvalue weighted by Gasteiger charge is -2.33. The largest absolute Gasteiger partial charge is 0.454 e. The summed E-state index contributed by atoms with van der Waals surface area (Å²) < 4.78 is 11.1. The van der Waals surface area contributed by atoms with Gasteiger partial charge in [0.15, 0.2) is 11.5 Å². The summed E-state index contributed by atoms with van der Waals surface area (Å²) >= 11 is 0. The molecule has 128 valence electrons. The van der Waals surface area contributed by atoms with E-state index in [9.17, 15) is 5.11 Å². The molecule has 4 heteroatoms. The Balaban J connectivity index is 1.86. The van der Waals surface area contributed by atoms with Crippen LogP contribution in [0.1, 0.15) is 25.0 Å². The fourth-order valence-corrected chi connectivity index (χ4v) is 3.19. The Kier molecular flexibility index (Phi) is 5.38. The van der Waals surface area contributed by atoms with Gasteiger partial charge in [-0.2, -0.15) is 0 Å². The van der Waals surface area contributed by atoms with Crippen LogP contribution in [0.15, 0.2) is 48.5 Å². The number of hydrogen-bond acceptors (Lipinski definition) is 4. The van der Waals surface area contributed by atoms with Crippen molar-refractivity contribution in [2.75, 3.05) is 13.4 Å². The number of aliphatic hydroxyl groups is 1. The monoisotopic (exact) mass is 327 g/mol. The van der Waals surface area contributed by atoms with E-state index in [4.69, 9.17) is 9.47 Å². The highest BCUT2D eigenvalue weighted by Gasteiger charge is 2.25. The van der Waals surface area contributed by atoms with E-state index in [0.717, 1.165) is 23.6 Å². The van der Waals surface area contributed by atoms with Crippen LogP contribution in [0.5, 0.6) is 11.5 Å². The summed E-state index contributed by atoms with van der Waals surface area (Å²) in [7, 11) is 0. The van der Waals surface area contributed by atoms with Gasteiger partial charge < -0.3 is 14.6 Å². The molecule has 0 spiro atoms. The molecule has 0 fully saturated rings. The van der Waals surface area contributed by atoms with Crippen molar-refractivity contribution in [1.82, 2.24) is 4.90 Å². The first-order valence-corrected chi connectivity index (χ1v) is 8.45. The second-order valence-corrected chi connectivity index (χ2v) is 6.54. The SMILES string of the molecule is CC(C)C(CO)N(Cc1ccccc1)Cc1cccc2c1OCO2. The molecule has 0 amide bonds. The molecule has 1 unspecified atom stereocenters. The minimum Gasteiger partial charge on any atom is -0.454 e. The van der Waals surface area contributed by atoms with Gasteiger partial charge in [-0.05, 0) is 17.5 Å². The Hall–Kier alpha value is -2.04. The summed E-state index contributed by atoms with van der Waals surface area (Å²) in [5, 5.41) is 9.92. The van der Waals surface area contributed by atoms with Crippen molar-refractivity contribution in [2.45, 2.75) is 33.0 Å². The van der Waals surface area contributed by atoms with Gasteiger partial charge in [0.1, 0.15) is 0 Å². The Labute approximate surface area is 143 Å². The lowest BCUT2D eigenvalue weighted by Crippen LogP contribution is -2.40. The van der Waals surface area contributed by atoms with Crippen molar-refractivity contribution in [3.63, 3.8) is 0 Å². The number of aliphatic hydroxyl groups excluding tert-OH is 1. The lowest BCUT2D eigenvalue weighted by molar-refractivity contribution is 0.0774. The molecule has 0 radical (unpaired) electrons. The number of fused-ring (bicyclic) bond motifs is 1. The normalized spacial score (nSPS) is 14.4. The molecule has 0 aromatic heterocycles. The minimum absolute atomic E-state index is 0.0865. The van der Waals surface area contributed by atoms with Crippen LogP contribution < -0.4 is 9.47 Å². The van der Waals surface area contributed by atoms with Gasteiger partial charge in [0.2, 0.25) is 6.79 Å². The molecule has 2 aromatic carbocycles. The molecule has 0 saturated heterocycles. The predicted molar refractivity (Wildman–Crippen MR) is 94.0 cm³/mol. The van der Waals surface area contributed by atoms with E-state index in [0.29, 0.717) is 12.5 Å². The van der Waals surface area contributed by atoms with E-state index in [1.54, 1.807) is 0 Å². The van der Waals surface area contributed by atoms with Gasteiger partial charge in [-0.25, -0.2) is 0 Å². The molecule has 4 nitrogen and oxygen atoms in total. The van der Waals surface area contributed by atoms with Crippen molar-refractivity contribution < 1.29 is 14.6 Å². The van der Waals surface area contributed by atoms with Gasteiger partial charge >= 0.3 is 0 Å². The van der Waals surface area contributed by atoms with Crippen molar-refractivity contribution in [3.05, 3.63) is 59.7 Å². The number of para-hydroxylation sites is 1. The molecule has 1 N–H and O–H groups in total. The smallest absolute Gasteiger partial charge is 0.231 e. The molecule has 1 heterocycles. The van der Waals surface area contributed by atoms with Crippen molar-refractivity contribution >= 4 is 0 Å². The zero-order valence-electron chi connectivity index (χ0n) is 14.3. The number of benzene rings is 2. The summed E-state index contributed by atoms with van der Waals surface area (Å²) in [5.74, 6) is 1.99. The van der Waals surface area contributed by atoms with Crippen molar-refractivity contribution in [2.24, 2.45) is 5.92 Å². The third kappa shape index (κ3) is 3.71.